The zero-order chi connectivity index (χ0) is 22.4. The number of esters is 1. The van der Waals surface area contributed by atoms with E-state index in [2.05, 4.69) is 23.2 Å². The Hall–Kier alpha value is -2.19. The van der Waals surface area contributed by atoms with Crippen LogP contribution >= 0.6 is 23.6 Å². The number of anilines is 1. The second kappa shape index (κ2) is 8.63. The van der Waals surface area contributed by atoms with Gasteiger partial charge in [0.1, 0.15) is 5.00 Å². The van der Waals surface area contributed by atoms with Gasteiger partial charge in [0.25, 0.3) is 5.56 Å². The van der Waals surface area contributed by atoms with E-state index in [-0.39, 0.29) is 17.4 Å². The number of carbonyl (C=O) groups excluding carboxylic acids is 1. The SMILES string of the molecule is CCOC(=O)c1c(NC(=S)N2C[C@@H]3C[C@@H](C2)c2cccc(=O)n2C3)sc2c1CCC(C)C2. The quantitative estimate of drug-likeness (QED) is 0.539. The molecule has 2 aliphatic heterocycles. The van der Waals surface area contributed by atoms with Crippen LogP contribution in [0.2, 0.25) is 0 Å². The number of fused-ring (bicyclic) bond motifs is 5. The van der Waals surface area contributed by atoms with Gasteiger partial charge in [0.15, 0.2) is 5.11 Å². The van der Waals surface area contributed by atoms with Crippen LogP contribution in [0.5, 0.6) is 0 Å². The molecule has 32 heavy (non-hydrogen) atoms. The van der Waals surface area contributed by atoms with E-state index in [1.807, 2.05) is 17.6 Å². The van der Waals surface area contributed by atoms with Crippen molar-refractivity contribution in [2.75, 3.05) is 25.0 Å². The van der Waals surface area contributed by atoms with Gasteiger partial charge in [-0.3, -0.25) is 4.79 Å². The first-order valence-corrected chi connectivity index (χ1v) is 12.7. The number of thiophene rings is 1. The van der Waals surface area contributed by atoms with Crippen molar-refractivity contribution in [2.45, 2.75) is 52.0 Å². The Bertz CT molecular complexity index is 1120. The molecule has 0 radical (unpaired) electrons. The van der Waals surface area contributed by atoms with E-state index in [1.165, 1.54) is 4.88 Å². The Labute approximate surface area is 197 Å². The summed E-state index contributed by atoms with van der Waals surface area (Å²) in [5.74, 6) is 1.05. The van der Waals surface area contributed by atoms with Gasteiger partial charge in [-0.1, -0.05) is 13.0 Å². The third-order valence-corrected chi connectivity index (χ3v) is 8.51. The Balaban J connectivity index is 1.39. The van der Waals surface area contributed by atoms with E-state index < -0.39 is 0 Å². The Morgan fingerprint density at radius 2 is 2.16 bits per heavy atom. The Morgan fingerprint density at radius 1 is 1.31 bits per heavy atom. The van der Waals surface area contributed by atoms with Crippen LogP contribution in [0.15, 0.2) is 23.0 Å². The fourth-order valence-corrected chi connectivity index (χ4v) is 7.21. The molecule has 0 saturated carbocycles. The van der Waals surface area contributed by atoms with Gasteiger partial charge in [0.05, 0.1) is 12.2 Å². The number of aromatic nitrogens is 1. The number of nitrogens with one attached hydrogen (secondary N) is 1. The summed E-state index contributed by atoms with van der Waals surface area (Å²) < 4.78 is 7.33. The maximum Gasteiger partial charge on any atom is 0.341 e. The molecule has 5 rings (SSSR count). The van der Waals surface area contributed by atoms with Crippen molar-refractivity contribution in [2.24, 2.45) is 11.8 Å². The number of carbonyl (C=O) groups is 1. The van der Waals surface area contributed by atoms with Gasteiger partial charge in [-0.25, -0.2) is 4.79 Å². The Morgan fingerprint density at radius 3 is 2.97 bits per heavy atom. The topological polar surface area (TPSA) is 63.6 Å². The zero-order valence-electron chi connectivity index (χ0n) is 18.6. The second-order valence-electron chi connectivity index (χ2n) is 9.31. The van der Waals surface area contributed by atoms with Crippen molar-refractivity contribution in [3.05, 3.63) is 50.3 Å². The van der Waals surface area contributed by atoms with Crippen LogP contribution < -0.4 is 10.9 Å². The maximum absolute atomic E-state index is 12.8. The minimum atomic E-state index is -0.256. The number of ether oxygens (including phenoxy) is 1. The van der Waals surface area contributed by atoms with Crippen molar-refractivity contribution in [1.29, 1.82) is 0 Å². The molecule has 4 heterocycles. The molecule has 1 aliphatic carbocycles. The molecule has 1 saturated heterocycles. The monoisotopic (exact) mass is 471 g/mol. The molecule has 2 bridgehead atoms. The molecule has 6 nitrogen and oxygen atoms in total. The number of likely N-dealkylation sites (tertiary alicyclic amines) is 1. The van der Waals surface area contributed by atoms with Crippen LogP contribution in [0.3, 0.4) is 0 Å². The van der Waals surface area contributed by atoms with Crippen LogP contribution in [-0.2, 0) is 24.1 Å². The molecule has 0 aromatic carbocycles. The summed E-state index contributed by atoms with van der Waals surface area (Å²) in [5.41, 5.74) is 3.01. The standard InChI is InChI=1S/C24H29N3O3S2/c1-3-30-23(29)21-17-8-7-14(2)9-19(17)32-22(21)25-24(31)26-11-15-10-16(13-26)18-5-4-6-20(28)27(18)12-15/h4-6,14-16H,3,7-13H2,1-2H3,(H,25,31)/t14?,15-,16-/m0/s1. The van der Waals surface area contributed by atoms with Crippen LogP contribution in [0.25, 0.3) is 0 Å². The first kappa shape index (κ1) is 21.6. The third-order valence-electron chi connectivity index (χ3n) is 6.98. The molecule has 1 fully saturated rings. The number of hydrogen-bond acceptors (Lipinski definition) is 5. The van der Waals surface area contributed by atoms with Gasteiger partial charge in [-0.2, -0.15) is 0 Å². The molecule has 0 spiro atoms. The molecule has 2 aromatic heterocycles. The highest BCUT2D eigenvalue weighted by Gasteiger charge is 2.36. The lowest BCUT2D eigenvalue weighted by Crippen LogP contribution is -2.50. The number of thiocarbonyl (C=S) groups is 1. The minimum absolute atomic E-state index is 0.0869. The number of piperidine rings is 1. The van der Waals surface area contributed by atoms with E-state index in [9.17, 15) is 9.59 Å². The maximum atomic E-state index is 12.8. The Kier molecular flexibility index (Phi) is 5.84. The smallest absolute Gasteiger partial charge is 0.341 e. The minimum Gasteiger partial charge on any atom is -0.462 e. The van der Waals surface area contributed by atoms with E-state index in [0.29, 0.717) is 29.1 Å². The van der Waals surface area contributed by atoms with Crippen molar-refractivity contribution in [1.82, 2.24) is 9.47 Å². The molecule has 1 N–H and O–H groups in total. The van der Waals surface area contributed by atoms with Crippen LogP contribution in [0.1, 0.15) is 59.1 Å². The van der Waals surface area contributed by atoms with Crippen LogP contribution in [-0.4, -0.2) is 40.2 Å². The van der Waals surface area contributed by atoms with Crippen LogP contribution in [0.4, 0.5) is 5.00 Å². The van der Waals surface area contributed by atoms with Gasteiger partial charge in [0.2, 0.25) is 0 Å². The van der Waals surface area contributed by atoms with Gasteiger partial charge in [-0.05, 0) is 68.3 Å². The molecular weight excluding hydrogens is 442 g/mol. The van der Waals surface area contributed by atoms with Crippen molar-refractivity contribution in [3.63, 3.8) is 0 Å². The molecule has 3 atom stereocenters. The third kappa shape index (κ3) is 3.88. The normalized spacial score (nSPS) is 23.8. The first-order valence-electron chi connectivity index (χ1n) is 11.5. The molecule has 2 aromatic rings. The van der Waals surface area contributed by atoms with Crippen molar-refractivity contribution in [3.8, 4) is 0 Å². The highest BCUT2D eigenvalue weighted by atomic mass is 32.1. The van der Waals surface area contributed by atoms with Gasteiger partial charge >= 0.3 is 5.97 Å². The summed E-state index contributed by atoms with van der Waals surface area (Å²) in [7, 11) is 0. The molecule has 0 amide bonds. The van der Waals surface area contributed by atoms with Crippen molar-refractivity contribution >= 4 is 39.6 Å². The average molecular weight is 472 g/mol. The molecular formula is C24H29N3O3S2. The zero-order valence-corrected chi connectivity index (χ0v) is 20.2. The van der Waals surface area contributed by atoms with Gasteiger partial charge < -0.3 is 19.5 Å². The van der Waals surface area contributed by atoms with E-state index in [0.717, 1.165) is 61.6 Å². The van der Waals surface area contributed by atoms with Crippen molar-refractivity contribution < 1.29 is 9.53 Å². The highest BCUT2D eigenvalue weighted by Crippen LogP contribution is 2.41. The number of hydrogen-bond donors (Lipinski definition) is 1. The van der Waals surface area contributed by atoms with E-state index >= 15 is 0 Å². The van der Waals surface area contributed by atoms with Crippen LogP contribution in [0, 0.1) is 11.8 Å². The number of pyridine rings is 1. The van der Waals surface area contributed by atoms with E-state index in [4.69, 9.17) is 17.0 Å². The lowest BCUT2D eigenvalue weighted by Gasteiger charge is -2.43. The average Bonchev–Trinajstić information content (AvgIpc) is 3.11. The van der Waals surface area contributed by atoms with Gasteiger partial charge in [-0.15, -0.1) is 11.3 Å². The fourth-order valence-electron chi connectivity index (χ4n) is 5.50. The summed E-state index contributed by atoms with van der Waals surface area (Å²) in [6.07, 6.45) is 4.09. The largest absolute Gasteiger partial charge is 0.462 e. The summed E-state index contributed by atoms with van der Waals surface area (Å²) in [5, 5.41) is 4.90. The lowest BCUT2D eigenvalue weighted by molar-refractivity contribution is 0.0526. The number of nitrogens with zero attached hydrogens (tertiary/aromatic N) is 2. The number of rotatable bonds is 3. The summed E-state index contributed by atoms with van der Waals surface area (Å²) in [4.78, 5) is 28.6. The fraction of sp³-hybridized carbons (Fsp3) is 0.542. The van der Waals surface area contributed by atoms with E-state index in [1.54, 1.807) is 17.4 Å². The first-order chi connectivity index (χ1) is 15.4. The summed E-state index contributed by atoms with van der Waals surface area (Å²) in [6.45, 7) is 6.80. The lowest BCUT2D eigenvalue weighted by atomic mass is 9.83. The predicted molar refractivity (Wildman–Crippen MR) is 131 cm³/mol. The second-order valence-corrected chi connectivity index (χ2v) is 10.8. The molecule has 1 unspecified atom stereocenters. The predicted octanol–water partition coefficient (Wildman–Crippen LogP) is 4.03. The summed E-state index contributed by atoms with van der Waals surface area (Å²) in [6, 6.07) is 5.56. The molecule has 8 heteroatoms. The molecule has 3 aliphatic rings. The summed E-state index contributed by atoms with van der Waals surface area (Å²) >= 11 is 7.49. The molecule has 170 valence electrons. The van der Waals surface area contributed by atoms with Gasteiger partial charge in [0, 0.05) is 42.2 Å². The highest BCUT2D eigenvalue weighted by molar-refractivity contribution is 7.80.